The molecule has 1 atom stereocenters. The number of benzene rings is 1. The second-order valence-corrected chi connectivity index (χ2v) is 4.25. The smallest absolute Gasteiger partial charge is 0.164 e. The second kappa shape index (κ2) is 7.74. The normalized spacial score (nSPS) is 11.8. The van der Waals surface area contributed by atoms with Crippen molar-refractivity contribution in [1.29, 1.82) is 0 Å². The van der Waals surface area contributed by atoms with Gasteiger partial charge in [0, 0.05) is 25.3 Å². The quantitative estimate of drug-likeness (QED) is 0.757. The van der Waals surface area contributed by atoms with Gasteiger partial charge in [-0.2, -0.15) is 0 Å². The third kappa shape index (κ3) is 3.92. The van der Waals surface area contributed by atoms with Crippen LogP contribution in [0.15, 0.2) is 12.1 Å². The first kappa shape index (κ1) is 15.4. The molecule has 0 fully saturated rings. The van der Waals surface area contributed by atoms with Gasteiger partial charge in [-0.25, -0.2) is 0 Å². The van der Waals surface area contributed by atoms with E-state index in [2.05, 4.69) is 12.2 Å². The molecule has 1 aromatic carbocycles. The molecule has 0 spiro atoms. The lowest BCUT2D eigenvalue weighted by molar-refractivity contribution is 0.230. The highest BCUT2D eigenvalue weighted by Crippen LogP contribution is 2.37. The summed E-state index contributed by atoms with van der Waals surface area (Å²) in [5.74, 6) is 2.17. The molecular formula is C14H23NO4. The molecule has 0 bridgehead atoms. The summed E-state index contributed by atoms with van der Waals surface area (Å²) in [6, 6.07) is 3.61. The second-order valence-electron chi connectivity index (χ2n) is 4.25. The average molecular weight is 269 g/mol. The van der Waals surface area contributed by atoms with E-state index in [4.69, 9.17) is 14.2 Å². The maximum absolute atomic E-state index is 9.20. The zero-order valence-corrected chi connectivity index (χ0v) is 12.0. The lowest BCUT2D eigenvalue weighted by Crippen LogP contribution is -2.17. The molecule has 1 rings (SSSR count). The van der Waals surface area contributed by atoms with E-state index in [0.29, 0.717) is 23.8 Å². The molecule has 0 radical (unpaired) electrons. The zero-order chi connectivity index (χ0) is 14.3. The zero-order valence-electron chi connectivity index (χ0n) is 12.0. The Bertz CT molecular complexity index is 391. The van der Waals surface area contributed by atoms with Crippen molar-refractivity contribution in [2.75, 3.05) is 39.8 Å². The highest BCUT2D eigenvalue weighted by molar-refractivity contribution is 5.64. The van der Waals surface area contributed by atoms with Gasteiger partial charge in [0.05, 0.1) is 27.0 Å². The van der Waals surface area contributed by atoms with Gasteiger partial charge in [-0.3, -0.25) is 0 Å². The fourth-order valence-corrected chi connectivity index (χ4v) is 1.76. The largest absolute Gasteiger partial charge is 0.494 e. The summed E-state index contributed by atoms with van der Waals surface area (Å²) in [5, 5.41) is 12.5. The topological polar surface area (TPSA) is 60.0 Å². The number of aliphatic hydroxyl groups is 1. The Morgan fingerprint density at radius 2 is 1.63 bits per heavy atom. The van der Waals surface area contributed by atoms with Gasteiger partial charge in [0.1, 0.15) is 5.75 Å². The first-order valence-electron chi connectivity index (χ1n) is 6.34. The molecule has 2 N–H and O–H groups in total. The van der Waals surface area contributed by atoms with Crippen LogP contribution in [0.2, 0.25) is 0 Å². The Kier molecular flexibility index (Phi) is 6.29. The summed E-state index contributed by atoms with van der Waals surface area (Å²) in [5.41, 5.74) is 0.826. The molecule has 0 aliphatic heterocycles. The van der Waals surface area contributed by atoms with Crippen molar-refractivity contribution in [3.8, 4) is 17.2 Å². The summed E-state index contributed by atoms with van der Waals surface area (Å²) < 4.78 is 15.8. The van der Waals surface area contributed by atoms with Crippen LogP contribution in [-0.4, -0.2) is 39.6 Å². The highest BCUT2D eigenvalue weighted by Gasteiger charge is 2.13. The number of anilines is 1. The molecule has 5 heteroatoms. The molecule has 0 saturated heterocycles. The maximum Gasteiger partial charge on any atom is 0.164 e. The van der Waals surface area contributed by atoms with E-state index in [-0.39, 0.29) is 12.5 Å². The van der Waals surface area contributed by atoms with E-state index >= 15 is 0 Å². The van der Waals surface area contributed by atoms with Gasteiger partial charge in [-0.1, -0.05) is 6.92 Å². The Morgan fingerprint density at radius 1 is 1.05 bits per heavy atom. The minimum Gasteiger partial charge on any atom is -0.494 e. The number of nitrogens with one attached hydrogen (secondary N) is 1. The van der Waals surface area contributed by atoms with E-state index in [9.17, 15) is 5.11 Å². The van der Waals surface area contributed by atoms with Crippen molar-refractivity contribution in [2.24, 2.45) is 5.92 Å². The van der Waals surface area contributed by atoms with E-state index < -0.39 is 0 Å². The lowest BCUT2D eigenvalue weighted by atomic mass is 10.1. The molecule has 0 saturated carbocycles. The number of methoxy groups -OCH3 is 3. The number of hydrogen-bond donors (Lipinski definition) is 2. The Balaban J connectivity index is 2.92. The Labute approximate surface area is 114 Å². The van der Waals surface area contributed by atoms with Gasteiger partial charge in [0.2, 0.25) is 0 Å². The van der Waals surface area contributed by atoms with Gasteiger partial charge < -0.3 is 24.6 Å². The number of aliphatic hydroxyl groups excluding tert-OH is 1. The van der Waals surface area contributed by atoms with Crippen LogP contribution in [-0.2, 0) is 0 Å². The van der Waals surface area contributed by atoms with Crippen molar-refractivity contribution in [3.63, 3.8) is 0 Å². The molecule has 19 heavy (non-hydrogen) atoms. The summed E-state index contributed by atoms with van der Waals surface area (Å²) in [6.45, 7) is 2.90. The van der Waals surface area contributed by atoms with Crippen molar-refractivity contribution in [1.82, 2.24) is 0 Å². The third-order valence-corrected chi connectivity index (χ3v) is 3.12. The molecule has 0 aliphatic rings. The van der Waals surface area contributed by atoms with E-state index in [1.165, 1.54) is 0 Å². The van der Waals surface area contributed by atoms with Gasteiger partial charge in [0.25, 0.3) is 0 Å². The Hall–Kier alpha value is -1.62. The van der Waals surface area contributed by atoms with Crippen molar-refractivity contribution in [3.05, 3.63) is 12.1 Å². The number of hydrogen-bond acceptors (Lipinski definition) is 5. The van der Waals surface area contributed by atoms with Crippen molar-refractivity contribution >= 4 is 5.69 Å². The fourth-order valence-electron chi connectivity index (χ4n) is 1.76. The van der Waals surface area contributed by atoms with Gasteiger partial charge in [-0.15, -0.1) is 0 Å². The predicted octanol–water partition coefficient (Wildman–Crippen LogP) is 2.14. The van der Waals surface area contributed by atoms with E-state index in [0.717, 1.165) is 12.1 Å². The molecule has 1 aromatic rings. The molecule has 0 aromatic heterocycles. The number of ether oxygens (including phenoxy) is 3. The summed E-state index contributed by atoms with van der Waals surface area (Å²) in [6.07, 6.45) is 0.916. The van der Waals surface area contributed by atoms with Gasteiger partial charge >= 0.3 is 0 Å². The third-order valence-electron chi connectivity index (χ3n) is 3.12. The van der Waals surface area contributed by atoms with Crippen LogP contribution in [0.25, 0.3) is 0 Å². The molecule has 0 aliphatic carbocycles. The first-order chi connectivity index (χ1) is 9.19. The minimum absolute atomic E-state index is 0.166. The van der Waals surface area contributed by atoms with Gasteiger partial charge in [-0.05, 0) is 12.3 Å². The van der Waals surface area contributed by atoms with E-state index in [1.807, 2.05) is 6.07 Å². The average Bonchev–Trinajstić information content (AvgIpc) is 2.47. The maximum atomic E-state index is 9.20. The molecule has 0 heterocycles. The van der Waals surface area contributed by atoms with E-state index in [1.54, 1.807) is 27.4 Å². The SMILES string of the molecule is CCC(CO)CNc1cc(OC)c(OC)cc1OC. The molecule has 0 amide bonds. The lowest BCUT2D eigenvalue weighted by Gasteiger charge is -2.18. The highest BCUT2D eigenvalue weighted by atomic mass is 16.5. The van der Waals surface area contributed by atoms with Crippen LogP contribution in [0, 0.1) is 5.92 Å². The van der Waals surface area contributed by atoms with Crippen molar-refractivity contribution < 1.29 is 19.3 Å². The summed E-state index contributed by atoms with van der Waals surface area (Å²) in [7, 11) is 4.79. The fraction of sp³-hybridized carbons (Fsp3) is 0.571. The van der Waals surface area contributed by atoms with Crippen LogP contribution in [0.1, 0.15) is 13.3 Å². The standard InChI is InChI=1S/C14H23NO4/c1-5-10(9-16)8-15-11-6-13(18-3)14(19-4)7-12(11)17-2/h6-7,10,15-16H,5,8-9H2,1-4H3. The number of rotatable bonds is 8. The first-order valence-corrected chi connectivity index (χ1v) is 6.34. The minimum atomic E-state index is 0.166. The Morgan fingerprint density at radius 3 is 2.11 bits per heavy atom. The predicted molar refractivity (Wildman–Crippen MR) is 75.5 cm³/mol. The molecular weight excluding hydrogens is 246 g/mol. The van der Waals surface area contributed by atoms with Gasteiger partial charge in [0.15, 0.2) is 11.5 Å². The van der Waals surface area contributed by atoms with Crippen LogP contribution >= 0.6 is 0 Å². The summed E-state index contributed by atoms with van der Waals surface area (Å²) >= 11 is 0. The van der Waals surface area contributed by atoms with Crippen molar-refractivity contribution in [2.45, 2.75) is 13.3 Å². The molecule has 1 unspecified atom stereocenters. The van der Waals surface area contributed by atoms with Crippen LogP contribution in [0.5, 0.6) is 17.2 Å². The van der Waals surface area contributed by atoms with Crippen LogP contribution < -0.4 is 19.5 Å². The molecule has 108 valence electrons. The molecule has 5 nitrogen and oxygen atoms in total. The van der Waals surface area contributed by atoms with Crippen LogP contribution in [0.4, 0.5) is 5.69 Å². The summed E-state index contributed by atoms with van der Waals surface area (Å²) in [4.78, 5) is 0. The van der Waals surface area contributed by atoms with Crippen LogP contribution in [0.3, 0.4) is 0 Å². The monoisotopic (exact) mass is 269 g/mol.